The van der Waals surface area contributed by atoms with Crippen molar-refractivity contribution < 1.29 is 35.5 Å². The van der Waals surface area contributed by atoms with E-state index in [1.807, 2.05) is 0 Å². The summed E-state index contributed by atoms with van der Waals surface area (Å²) in [6.07, 6.45) is -1.76. The van der Waals surface area contributed by atoms with Crippen LogP contribution in [0, 0.1) is 0 Å². The van der Waals surface area contributed by atoms with Gasteiger partial charge in [0.15, 0.2) is 0 Å². The van der Waals surface area contributed by atoms with Crippen LogP contribution in [0.15, 0.2) is 58.0 Å². The Morgan fingerprint density at radius 1 is 1.15 bits per heavy atom. The third-order valence-corrected chi connectivity index (χ3v) is 7.18. The number of oxazole rings is 1. The quantitative estimate of drug-likeness (QED) is 0.533. The molecule has 0 spiro atoms. The zero-order chi connectivity index (χ0) is 24.5. The highest BCUT2D eigenvalue weighted by atomic mass is 32.2. The fraction of sp³-hybridized carbons (Fsp3) is 0.273. The lowest BCUT2D eigenvalue weighted by Gasteiger charge is -2.17. The molecule has 3 aromatic rings. The Bertz CT molecular complexity index is 1320. The van der Waals surface area contributed by atoms with Gasteiger partial charge in [0.2, 0.25) is 15.9 Å². The number of carbonyl (C=O) groups excluding carboxylic acids is 1. The third kappa shape index (κ3) is 4.92. The van der Waals surface area contributed by atoms with Gasteiger partial charge in [-0.2, -0.15) is 17.5 Å². The van der Waals surface area contributed by atoms with E-state index in [-0.39, 0.29) is 40.0 Å². The van der Waals surface area contributed by atoms with E-state index in [4.69, 9.17) is 14.9 Å². The van der Waals surface area contributed by atoms with Crippen LogP contribution in [0.2, 0.25) is 0 Å². The van der Waals surface area contributed by atoms with E-state index in [1.165, 1.54) is 40.9 Å². The molecule has 0 unspecified atom stereocenters. The first kappa shape index (κ1) is 23.8. The number of benzene rings is 2. The first-order valence-corrected chi connectivity index (χ1v) is 11.7. The highest BCUT2D eigenvalue weighted by molar-refractivity contribution is 7.89. The number of ether oxygens (including phenoxy) is 1. The van der Waals surface area contributed by atoms with Gasteiger partial charge in [-0.3, -0.25) is 4.79 Å². The minimum atomic E-state index is -4.51. The lowest BCUT2D eigenvalue weighted by Crippen LogP contribution is -2.28. The zero-order valence-corrected chi connectivity index (χ0v) is 18.5. The lowest BCUT2D eigenvalue weighted by atomic mass is 10.1. The summed E-state index contributed by atoms with van der Waals surface area (Å²) in [5.41, 5.74) is 4.85. The molecule has 180 valence electrons. The van der Waals surface area contributed by atoms with Crippen LogP contribution in [0.4, 0.5) is 13.2 Å². The number of rotatable bonds is 7. The number of aromatic nitrogens is 1. The number of hydrogen-bond donors (Lipinski definition) is 1. The Kier molecular flexibility index (Phi) is 6.36. The van der Waals surface area contributed by atoms with E-state index in [9.17, 15) is 26.4 Å². The van der Waals surface area contributed by atoms with Gasteiger partial charge in [-0.15, -0.1) is 0 Å². The van der Waals surface area contributed by atoms with Gasteiger partial charge in [0.1, 0.15) is 24.3 Å². The van der Waals surface area contributed by atoms with Crippen LogP contribution < -0.4 is 10.5 Å². The SMILES string of the molecule is NC(=O)c1cc(S(=O)(=O)N2CCCC2)ccc1OCc1coc(-c2cccc(C(F)(F)F)c2)n1. The second-order valence-electron chi connectivity index (χ2n) is 7.64. The molecule has 0 bridgehead atoms. The van der Waals surface area contributed by atoms with Crippen molar-refractivity contribution in [3.05, 3.63) is 65.5 Å². The Morgan fingerprint density at radius 2 is 1.88 bits per heavy atom. The van der Waals surface area contributed by atoms with E-state index in [0.717, 1.165) is 25.0 Å². The summed E-state index contributed by atoms with van der Waals surface area (Å²) >= 11 is 0. The van der Waals surface area contributed by atoms with Crippen molar-refractivity contribution in [1.82, 2.24) is 9.29 Å². The van der Waals surface area contributed by atoms with Crippen molar-refractivity contribution >= 4 is 15.9 Å². The smallest absolute Gasteiger partial charge is 0.416 e. The summed E-state index contributed by atoms with van der Waals surface area (Å²) in [6.45, 7) is 0.626. The summed E-state index contributed by atoms with van der Waals surface area (Å²) in [5.74, 6) is -0.873. The Morgan fingerprint density at radius 3 is 2.56 bits per heavy atom. The van der Waals surface area contributed by atoms with Crippen LogP contribution in [0.1, 0.15) is 34.5 Å². The third-order valence-electron chi connectivity index (χ3n) is 5.28. The van der Waals surface area contributed by atoms with Crippen LogP contribution >= 0.6 is 0 Å². The number of sulfonamides is 1. The molecule has 1 amide bonds. The maximum absolute atomic E-state index is 12.9. The van der Waals surface area contributed by atoms with Crippen LogP contribution in [-0.2, 0) is 22.8 Å². The van der Waals surface area contributed by atoms with Gasteiger partial charge in [0, 0.05) is 18.7 Å². The fourth-order valence-corrected chi connectivity index (χ4v) is 5.10. The molecule has 1 saturated heterocycles. The Hall–Kier alpha value is -3.38. The standard InChI is InChI=1S/C22H20F3N3O5S/c23-22(24,25)15-5-3-4-14(10-15)21-27-16(13-33-21)12-32-19-7-6-17(11-18(19)20(26)29)34(30,31)28-8-1-2-9-28/h3-7,10-11,13H,1-2,8-9,12H2,(H2,26,29). The maximum Gasteiger partial charge on any atom is 0.416 e. The van der Waals surface area contributed by atoms with E-state index >= 15 is 0 Å². The van der Waals surface area contributed by atoms with Gasteiger partial charge in [0.05, 0.1) is 16.0 Å². The lowest BCUT2D eigenvalue weighted by molar-refractivity contribution is -0.137. The van der Waals surface area contributed by atoms with Crippen molar-refractivity contribution in [2.45, 2.75) is 30.5 Å². The Balaban J connectivity index is 1.52. The van der Waals surface area contributed by atoms with E-state index in [1.54, 1.807) is 0 Å². The number of nitrogens with two attached hydrogens (primary N) is 1. The molecule has 8 nitrogen and oxygen atoms in total. The largest absolute Gasteiger partial charge is 0.486 e. The molecule has 0 atom stereocenters. The maximum atomic E-state index is 12.9. The molecule has 2 heterocycles. The molecule has 1 fully saturated rings. The van der Waals surface area contributed by atoms with Crippen LogP contribution in [0.5, 0.6) is 5.75 Å². The predicted octanol–water partition coefficient (Wildman–Crippen LogP) is 3.82. The second-order valence-corrected chi connectivity index (χ2v) is 9.58. The first-order valence-electron chi connectivity index (χ1n) is 10.2. The number of primary amides is 1. The summed E-state index contributed by atoms with van der Waals surface area (Å²) in [6, 6.07) is 8.35. The summed E-state index contributed by atoms with van der Waals surface area (Å²) in [4.78, 5) is 16.0. The molecular weight excluding hydrogens is 475 g/mol. The average Bonchev–Trinajstić information content (AvgIpc) is 3.50. The second kappa shape index (κ2) is 9.11. The number of hydrogen-bond acceptors (Lipinski definition) is 6. The van der Waals surface area contributed by atoms with E-state index in [2.05, 4.69) is 4.98 Å². The highest BCUT2D eigenvalue weighted by Gasteiger charge is 2.31. The van der Waals surface area contributed by atoms with Crippen molar-refractivity contribution in [2.24, 2.45) is 5.73 Å². The van der Waals surface area contributed by atoms with Gasteiger partial charge < -0.3 is 14.9 Å². The highest BCUT2D eigenvalue weighted by Crippen LogP contribution is 2.32. The summed E-state index contributed by atoms with van der Waals surface area (Å²) in [7, 11) is -3.76. The number of carbonyl (C=O) groups is 1. The molecule has 1 aliphatic rings. The fourth-order valence-electron chi connectivity index (χ4n) is 3.55. The predicted molar refractivity (Wildman–Crippen MR) is 114 cm³/mol. The first-order chi connectivity index (χ1) is 16.1. The molecule has 0 saturated carbocycles. The summed E-state index contributed by atoms with van der Waals surface area (Å²) in [5, 5.41) is 0. The Labute approximate surface area is 193 Å². The number of alkyl halides is 3. The monoisotopic (exact) mass is 495 g/mol. The molecule has 4 rings (SSSR count). The van der Waals surface area contributed by atoms with Gasteiger partial charge >= 0.3 is 6.18 Å². The van der Waals surface area contributed by atoms with Crippen molar-refractivity contribution in [1.29, 1.82) is 0 Å². The number of nitrogens with zero attached hydrogens (tertiary/aromatic N) is 2. The summed E-state index contributed by atoms with van der Waals surface area (Å²) < 4.78 is 76.6. The molecule has 12 heteroatoms. The normalized spacial score (nSPS) is 14.9. The molecule has 2 N–H and O–H groups in total. The minimum Gasteiger partial charge on any atom is -0.486 e. The molecule has 34 heavy (non-hydrogen) atoms. The van der Waals surface area contributed by atoms with Crippen molar-refractivity contribution in [2.75, 3.05) is 13.1 Å². The van der Waals surface area contributed by atoms with Gasteiger partial charge in [0.25, 0.3) is 5.91 Å². The van der Waals surface area contributed by atoms with Crippen molar-refractivity contribution in [3.8, 4) is 17.2 Å². The van der Waals surface area contributed by atoms with E-state index in [0.29, 0.717) is 13.1 Å². The van der Waals surface area contributed by atoms with Crippen LogP contribution in [-0.4, -0.2) is 36.7 Å². The topological polar surface area (TPSA) is 116 Å². The molecule has 0 radical (unpaired) electrons. The minimum absolute atomic E-state index is 0.0353. The van der Waals surface area contributed by atoms with Crippen LogP contribution in [0.3, 0.4) is 0 Å². The molecule has 1 aliphatic heterocycles. The van der Waals surface area contributed by atoms with Crippen molar-refractivity contribution in [3.63, 3.8) is 0 Å². The van der Waals surface area contributed by atoms with Gasteiger partial charge in [-0.25, -0.2) is 13.4 Å². The molecule has 0 aliphatic carbocycles. The number of amides is 1. The molecule has 2 aromatic carbocycles. The number of halogens is 3. The molecule has 1 aromatic heterocycles. The van der Waals surface area contributed by atoms with Gasteiger partial charge in [-0.1, -0.05) is 6.07 Å². The van der Waals surface area contributed by atoms with Crippen LogP contribution in [0.25, 0.3) is 11.5 Å². The van der Waals surface area contributed by atoms with Gasteiger partial charge in [-0.05, 0) is 49.2 Å². The van der Waals surface area contributed by atoms with E-state index < -0.39 is 27.7 Å². The molecular formula is C22H20F3N3O5S. The zero-order valence-electron chi connectivity index (χ0n) is 17.7. The average molecular weight is 495 g/mol.